The third kappa shape index (κ3) is 3.65. The van der Waals surface area contributed by atoms with Crippen LogP contribution in [-0.4, -0.2) is 16.1 Å². The Labute approximate surface area is 167 Å². The van der Waals surface area contributed by atoms with Crippen molar-refractivity contribution in [2.24, 2.45) is 17.3 Å². The Bertz CT molecular complexity index is 752. The quantitative estimate of drug-likeness (QED) is 0.620. The summed E-state index contributed by atoms with van der Waals surface area (Å²) in [6.45, 7) is 1.45. The van der Waals surface area contributed by atoms with Crippen LogP contribution in [0.3, 0.4) is 0 Å². The van der Waals surface area contributed by atoms with Crippen molar-refractivity contribution in [1.82, 2.24) is 0 Å². The molecule has 1 aromatic carbocycles. The topological polar surface area (TPSA) is 58.2 Å². The lowest BCUT2D eigenvalue weighted by molar-refractivity contribution is -0.123. The molecule has 6 heteroatoms. The van der Waals surface area contributed by atoms with E-state index >= 15 is 0 Å². The van der Waals surface area contributed by atoms with E-state index in [1.54, 1.807) is 18.2 Å². The number of anilines is 2. The summed E-state index contributed by atoms with van der Waals surface area (Å²) in [6.07, 6.45) is 7.85. The smallest absolute Gasteiger partial charge is 0.224 e. The van der Waals surface area contributed by atoms with Gasteiger partial charge in [-0.2, -0.15) is 0 Å². The average Bonchev–Trinajstić information content (AvgIpc) is 2.46. The van der Waals surface area contributed by atoms with Gasteiger partial charge in [0, 0.05) is 23.4 Å². The molecule has 2 unspecified atom stereocenters. The second-order valence-corrected chi connectivity index (χ2v) is 10.8. The maximum Gasteiger partial charge on any atom is 0.224 e. The van der Waals surface area contributed by atoms with Gasteiger partial charge in [-0.3, -0.25) is 9.59 Å². The van der Waals surface area contributed by atoms with E-state index in [0.29, 0.717) is 22.8 Å². The van der Waals surface area contributed by atoms with Crippen LogP contribution in [0.1, 0.15) is 51.9 Å². The van der Waals surface area contributed by atoms with Crippen LogP contribution in [0.15, 0.2) is 18.2 Å². The fourth-order valence-corrected chi connectivity index (χ4v) is 7.66. The molecule has 0 radical (unpaired) electrons. The zero-order chi connectivity index (χ0) is 18.5. The fourth-order valence-electron chi connectivity index (χ4n) is 5.98. The van der Waals surface area contributed by atoms with Gasteiger partial charge in [-0.05, 0) is 74.0 Å². The Morgan fingerprint density at radius 1 is 1.19 bits per heavy atom. The van der Waals surface area contributed by atoms with Gasteiger partial charge in [0.15, 0.2) is 0 Å². The van der Waals surface area contributed by atoms with Gasteiger partial charge in [-0.25, -0.2) is 0 Å². The third-order valence-corrected chi connectivity index (χ3v) is 7.46. The standard InChI is InChI=1S/C20H24BrClN2O2/c1-12(25)23-15-2-3-16(22)17(5-15)24-18(26)10-19-6-13-4-14(7-19)9-20(21,8-13)11-19/h2-3,5,13-14H,4,6-11H2,1H3,(H,23,25)(H,24,26). The lowest BCUT2D eigenvalue weighted by Gasteiger charge is -2.60. The molecule has 4 fully saturated rings. The molecule has 4 aliphatic rings. The summed E-state index contributed by atoms with van der Waals surface area (Å²) < 4.78 is 0.250. The predicted octanol–water partition coefficient (Wildman–Crippen LogP) is 5.36. The Kier molecular flexibility index (Phi) is 4.59. The number of carbonyl (C=O) groups excluding carboxylic acids is 2. The molecule has 0 aliphatic heterocycles. The van der Waals surface area contributed by atoms with Crippen molar-refractivity contribution in [3.63, 3.8) is 0 Å². The molecule has 140 valence electrons. The summed E-state index contributed by atoms with van der Waals surface area (Å²) in [4.78, 5) is 24.1. The first-order valence-electron chi connectivity index (χ1n) is 9.30. The van der Waals surface area contributed by atoms with Gasteiger partial charge in [0.2, 0.25) is 11.8 Å². The van der Waals surface area contributed by atoms with Gasteiger partial charge in [0.1, 0.15) is 0 Å². The highest BCUT2D eigenvalue weighted by molar-refractivity contribution is 9.10. The minimum absolute atomic E-state index is 0.0184. The highest BCUT2D eigenvalue weighted by Gasteiger charge is 2.57. The number of rotatable bonds is 4. The molecule has 2 atom stereocenters. The zero-order valence-electron chi connectivity index (χ0n) is 14.9. The highest BCUT2D eigenvalue weighted by atomic mass is 79.9. The molecule has 1 aromatic rings. The van der Waals surface area contributed by atoms with Crippen molar-refractivity contribution in [1.29, 1.82) is 0 Å². The van der Waals surface area contributed by atoms with E-state index in [0.717, 1.165) is 18.3 Å². The molecule has 0 heterocycles. The van der Waals surface area contributed by atoms with E-state index in [9.17, 15) is 9.59 Å². The number of carbonyl (C=O) groups is 2. The number of nitrogens with one attached hydrogen (secondary N) is 2. The number of hydrogen-bond donors (Lipinski definition) is 2. The van der Waals surface area contributed by atoms with Gasteiger partial charge in [-0.15, -0.1) is 0 Å². The number of halogens is 2. The molecule has 4 saturated carbocycles. The van der Waals surface area contributed by atoms with Crippen LogP contribution in [0.2, 0.25) is 5.02 Å². The van der Waals surface area contributed by atoms with Crippen LogP contribution < -0.4 is 10.6 Å². The van der Waals surface area contributed by atoms with Gasteiger partial charge < -0.3 is 10.6 Å². The minimum atomic E-state index is -0.152. The van der Waals surface area contributed by atoms with E-state index in [4.69, 9.17) is 11.6 Å². The Morgan fingerprint density at radius 2 is 1.88 bits per heavy atom. The van der Waals surface area contributed by atoms with Crippen molar-refractivity contribution >= 4 is 50.7 Å². The molecule has 0 spiro atoms. The van der Waals surface area contributed by atoms with Gasteiger partial charge in [0.25, 0.3) is 0 Å². The van der Waals surface area contributed by atoms with Crippen molar-refractivity contribution in [3.05, 3.63) is 23.2 Å². The number of alkyl halides is 1. The molecule has 4 nitrogen and oxygen atoms in total. The van der Waals surface area contributed by atoms with Gasteiger partial charge in [0.05, 0.1) is 10.7 Å². The normalized spacial score (nSPS) is 34.6. The highest BCUT2D eigenvalue weighted by Crippen LogP contribution is 2.65. The maximum atomic E-state index is 12.8. The van der Waals surface area contributed by atoms with Gasteiger partial charge in [-0.1, -0.05) is 27.5 Å². The van der Waals surface area contributed by atoms with E-state index in [2.05, 4.69) is 26.6 Å². The summed E-state index contributed by atoms with van der Waals surface area (Å²) in [5.74, 6) is 1.39. The van der Waals surface area contributed by atoms with E-state index < -0.39 is 0 Å². The molecule has 4 aliphatic carbocycles. The summed E-state index contributed by atoms with van der Waals surface area (Å²) in [5, 5.41) is 6.18. The summed E-state index contributed by atoms with van der Waals surface area (Å²) in [5.41, 5.74) is 1.31. The molecule has 2 amide bonds. The first kappa shape index (κ1) is 18.3. The van der Waals surface area contributed by atoms with Crippen molar-refractivity contribution in [3.8, 4) is 0 Å². The number of benzene rings is 1. The Balaban J connectivity index is 1.47. The SMILES string of the molecule is CC(=O)Nc1ccc(Cl)c(NC(=O)CC23CC4CC(CC(Br)(C4)C2)C3)c1. The lowest BCUT2D eigenvalue weighted by atomic mass is 9.48. The average molecular weight is 440 g/mol. The fraction of sp³-hybridized carbons (Fsp3) is 0.600. The van der Waals surface area contributed by atoms with Gasteiger partial charge >= 0.3 is 0 Å². The first-order valence-corrected chi connectivity index (χ1v) is 10.5. The van der Waals surface area contributed by atoms with Crippen molar-refractivity contribution < 1.29 is 9.59 Å². The Hall–Kier alpha value is -1.07. The number of hydrogen-bond acceptors (Lipinski definition) is 2. The largest absolute Gasteiger partial charge is 0.326 e. The summed E-state index contributed by atoms with van der Waals surface area (Å²) >= 11 is 10.2. The monoisotopic (exact) mass is 438 g/mol. The predicted molar refractivity (Wildman–Crippen MR) is 108 cm³/mol. The summed E-state index contributed by atoms with van der Waals surface area (Å²) in [7, 11) is 0. The van der Waals surface area contributed by atoms with E-state index in [-0.39, 0.29) is 21.6 Å². The lowest BCUT2D eigenvalue weighted by Crippen LogP contribution is -2.53. The second-order valence-electron chi connectivity index (χ2n) is 8.71. The molecule has 4 bridgehead atoms. The molecular weight excluding hydrogens is 416 g/mol. The molecule has 26 heavy (non-hydrogen) atoms. The van der Waals surface area contributed by atoms with E-state index in [1.165, 1.54) is 39.0 Å². The molecule has 5 rings (SSSR count). The van der Waals surface area contributed by atoms with Crippen LogP contribution in [-0.2, 0) is 9.59 Å². The molecule has 0 aromatic heterocycles. The minimum Gasteiger partial charge on any atom is -0.326 e. The zero-order valence-corrected chi connectivity index (χ0v) is 17.3. The van der Waals surface area contributed by atoms with Crippen LogP contribution >= 0.6 is 27.5 Å². The molecular formula is C20H24BrClN2O2. The molecule has 0 saturated heterocycles. The molecule has 2 N–H and O–H groups in total. The van der Waals surface area contributed by atoms with Crippen LogP contribution in [0, 0.1) is 17.3 Å². The summed E-state index contributed by atoms with van der Waals surface area (Å²) in [6, 6.07) is 5.14. The first-order chi connectivity index (χ1) is 12.2. The van der Waals surface area contributed by atoms with E-state index in [1.807, 2.05) is 0 Å². The Morgan fingerprint density at radius 3 is 2.50 bits per heavy atom. The number of amides is 2. The second kappa shape index (κ2) is 6.52. The van der Waals surface area contributed by atoms with Crippen LogP contribution in [0.4, 0.5) is 11.4 Å². The maximum absolute atomic E-state index is 12.8. The van der Waals surface area contributed by atoms with Crippen LogP contribution in [0.5, 0.6) is 0 Å². The van der Waals surface area contributed by atoms with Crippen LogP contribution in [0.25, 0.3) is 0 Å². The third-order valence-electron chi connectivity index (χ3n) is 6.21. The van der Waals surface area contributed by atoms with Crippen molar-refractivity contribution in [2.45, 2.75) is 56.2 Å². The van der Waals surface area contributed by atoms with Crippen molar-refractivity contribution in [2.75, 3.05) is 10.6 Å².